The van der Waals surface area contributed by atoms with Crippen molar-refractivity contribution in [3.8, 4) is 23.7 Å². The van der Waals surface area contributed by atoms with Crippen LogP contribution in [0.4, 0.5) is 0 Å². The largest absolute Gasteiger partial charge is 0.349 e. The standard InChI is InChI=1S/C14H8N6O2/c1-2-20-10-4-8(6-16)7(5-15)3-9(10)17-11-12(20)18-14(22)19-13(11)21/h3-4H,2H2,1H3,(H,19,21,22). The van der Waals surface area contributed by atoms with Crippen LogP contribution in [0.25, 0.3) is 22.6 Å². The van der Waals surface area contributed by atoms with Gasteiger partial charge in [0.05, 0.1) is 22.2 Å². The number of fused-ring (bicyclic) bond motifs is 2. The van der Waals surface area contributed by atoms with Crippen LogP contribution >= 0.6 is 0 Å². The smallest absolute Gasteiger partial charge is 0.323 e. The number of aromatic nitrogens is 4. The number of nitrogens with one attached hydrogen (secondary N) is 1. The third-order valence-electron chi connectivity index (χ3n) is 3.31. The van der Waals surface area contributed by atoms with Gasteiger partial charge in [0, 0.05) is 6.54 Å². The molecule has 0 amide bonds. The summed E-state index contributed by atoms with van der Waals surface area (Å²) in [5, 5.41) is 18.2. The average Bonchev–Trinajstić information content (AvgIpc) is 2.51. The molecule has 2 aliphatic heterocycles. The Hall–Kier alpha value is -3.52. The van der Waals surface area contributed by atoms with Gasteiger partial charge in [-0.15, -0.1) is 0 Å². The summed E-state index contributed by atoms with van der Waals surface area (Å²) in [5.74, 6) is 0.150. The van der Waals surface area contributed by atoms with Gasteiger partial charge in [-0.2, -0.15) is 15.5 Å². The fourth-order valence-corrected chi connectivity index (χ4v) is 2.35. The second kappa shape index (κ2) is 4.79. The molecule has 0 bridgehead atoms. The second-order valence-corrected chi connectivity index (χ2v) is 4.51. The molecule has 1 aromatic rings. The monoisotopic (exact) mass is 292 g/mol. The Morgan fingerprint density at radius 1 is 1.18 bits per heavy atom. The van der Waals surface area contributed by atoms with E-state index in [4.69, 9.17) is 10.5 Å². The lowest BCUT2D eigenvalue weighted by atomic mass is 10.1. The van der Waals surface area contributed by atoms with Gasteiger partial charge in [0.2, 0.25) is 0 Å². The molecule has 0 saturated heterocycles. The first-order valence-corrected chi connectivity index (χ1v) is 6.38. The minimum absolute atomic E-state index is 0.0162. The lowest BCUT2D eigenvalue weighted by molar-refractivity contribution is 0.760. The van der Waals surface area contributed by atoms with Gasteiger partial charge in [0.1, 0.15) is 12.1 Å². The summed E-state index contributed by atoms with van der Waals surface area (Å²) in [6.45, 7) is 2.23. The van der Waals surface area contributed by atoms with Gasteiger partial charge in [0.15, 0.2) is 11.5 Å². The topological polar surface area (TPSA) is 128 Å². The van der Waals surface area contributed by atoms with E-state index in [2.05, 4.69) is 15.0 Å². The fourth-order valence-electron chi connectivity index (χ4n) is 2.35. The summed E-state index contributed by atoms with van der Waals surface area (Å²) in [6, 6.07) is 6.83. The number of aromatic amines is 1. The first-order chi connectivity index (χ1) is 10.6. The van der Waals surface area contributed by atoms with Crippen LogP contribution in [-0.4, -0.2) is 19.5 Å². The number of H-pyrrole nitrogens is 1. The molecule has 0 aromatic heterocycles. The first kappa shape index (κ1) is 13.5. The van der Waals surface area contributed by atoms with Gasteiger partial charge >= 0.3 is 5.69 Å². The van der Waals surface area contributed by atoms with E-state index in [1.165, 1.54) is 12.1 Å². The summed E-state index contributed by atoms with van der Waals surface area (Å²) in [6.07, 6.45) is 0. The van der Waals surface area contributed by atoms with Gasteiger partial charge in [-0.1, -0.05) is 0 Å². The minimum Gasteiger partial charge on any atom is -0.323 e. The number of rotatable bonds is 1. The normalized spacial score (nSPS) is 10.5. The van der Waals surface area contributed by atoms with Crippen molar-refractivity contribution in [1.29, 1.82) is 10.5 Å². The van der Waals surface area contributed by atoms with E-state index in [1.54, 1.807) is 4.57 Å². The third kappa shape index (κ3) is 1.83. The molecule has 2 heterocycles. The van der Waals surface area contributed by atoms with Crippen LogP contribution < -0.4 is 11.2 Å². The minimum atomic E-state index is -0.755. The molecule has 0 saturated carbocycles. The molecule has 8 heteroatoms. The quantitative estimate of drug-likeness (QED) is 0.644. The highest BCUT2D eigenvalue weighted by atomic mass is 16.2. The molecule has 0 atom stereocenters. The van der Waals surface area contributed by atoms with Crippen molar-refractivity contribution in [2.45, 2.75) is 13.5 Å². The van der Waals surface area contributed by atoms with Crippen molar-refractivity contribution in [1.82, 2.24) is 19.5 Å². The Balaban J connectivity index is 2.60. The van der Waals surface area contributed by atoms with Crippen molar-refractivity contribution in [2.24, 2.45) is 0 Å². The summed E-state index contributed by atoms with van der Waals surface area (Å²) < 4.78 is 1.62. The molecule has 8 nitrogen and oxygen atoms in total. The molecule has 1 N–H and O–H groups in total. The highest BCUT2D eigenvalue weighted by Crippen LogP contribution is 2.23. The van der Waals surface area contributed by atoms with Crippen LogP contribution in [-0.2, 0) is 6.54 Å². The maximum absolute atomic E-state index is 11.9. The zero-order chi connectivity index (χ0) is 15.9. The van der Waals surface area contributed by atoms with E-state index >= 15 is 0 Å². The molecule has 0 radical (unpaired) electrons. The predicted molar refractivity (Wildman–Crippen MR) is 76.1 cm³/mol. The molecule has 3 rings (SSSR count). The molecule has 22 heavy (non-hydrogen) atoms. The molecule has 0 spiro atoms. The SMILES string of the molecule is CCn1c2nc(=O)[nH]c(=O)c-2nc2cc(C#N)c(C#N)cc21. The Bertz CT molecular complexity index is 1080. The van der Waals surface area contributed by atoms with E-state index in [0.717, 1.165) is 0 Å². The van der Waals surface area contributed by atoms with Gasteiger partial charge in [-0.25, -0.2) is 9.78 Å². The van der Waals surface area contributed by atoms with E-state index in [9.17, 15) is 9.59 Å². The van der Waals surface area contributed by atoms with Crippen molar-refractivity contribution in [3.63, 3.8) is 0 Å². The summed E-state index contributed by atoms with van der Waals surface area (Å²) in [7, 11) is 0. The van der Waals surface area contributed by atoms with E-state index in [0.29, 0.717) is 17.6 Å². The van der Waals surface area contributed by atoms with Gasteiger partial charge < -0.3 is 4.57 Å². The first-order valence-electron chi connectivity index (χ1n) is 6.38. The number of hydrogen-bond donors (Lipinski definition) is 1. The molecule has 0 fully saturated rings. The van der Waals surface area contributed by atoms with Crippen LogP contribution in [0, 0.1) is 22.7 Å². The van der Waals surface area contributed by atoms with Gasteiger partial charge in [-0.05, 0) is 19.1 Å². The van der Waals surface area contributed by atoms with Crippen LogP contribution in [0.3, 0.4) is 0 Å². The number of hydrogen-bond acceptors (Lipinski definition) is 6. The highest BCUT2D eigenvalue weighted by molar-refractivity contribution is 5.82. The summed E-state index contributed by atoms with van der Waals surface area (Å²) in [4.78, 5) is 33.4. The maximum atomic E-state index is 11.9. The summed E-state index contributed by atoms with van der Waals surface area (Å²) in [5.41, 5.74) is -0.0849. The van der Waals surface area contributed by atoms with Crippen LogP contribution in [0.2, 0.25) is 0 Å². The lowest BCUT2D eigenvalue weighted by Gasteiger charge is -2.15. The highest BCUT2D eigenvalue weighted by Gasteiger charge is 2.19. The molecule has 2 aliphatic rings. The number of benzene rings is 1. The molecule has 106 valence electrons. The van der Waals surface area contributed by atoms with Crippen molar-refractivity contribution in [2.75, 3.05) is 0 Å². The van der Waals surface area contributed by atoms with Gasteiger partial charge in [-0.3, -0.25) is 9.78 Å². The molecular formula is C14H8N6O2. The van der Waals surface area contributed by atoms with Crippen LogP contribution in [0.1, 0.15) is 18.1 Å². The maximum Gasteiger partial charge on any atom is 0.349 e. The fraction of sp³-hybridized carbons (Fsp3) is 0.143. The number of nitriles is 2. The number of aryl methyl sites for hydroxylation is 1. The van der Waals surface area contributed by atoms with E-state index in [-0.39, 0.29) is 22.6 Å². The molecule has 1 aromatic carbocycles. The Labute approximate surface area is 123 Å². The molecular weight excluding hydrogens is 284 g/mol. The van der Waals surface area contributed by atoms with Crippen molar-refractivity contribution in [3.05, 3.63) is 44.1 Å². The molecule has 0 aliphatic carbocycles. The van der Waals surface area contributed by atoms with Crippen molar-refractivity contribution < 1.29 is 0 Å². The van der Waals surface area contributed by atoms with E-state index in [1.807, 2.05) is 19.1 Å². The Morgan fingerprint density at radius 3 is 2.50 bits per heavy atom. The molecule has 0 unspecified atom stereocenters. The van der Waals surface area contributed by atoms with Gasteiger partial charge in [0.25, 0.3) is 5.56 Å². The Morgan fingerprint density at radius 2 is 1.86 bits per heavy atom. The lowest BCUT2D eigenvalue weighted by Crippen LogP contribution is -2.28. The zero-order valence-electron chi connectivity index (χ0n) is 11.4. The Kier molecular flexibility index (Phi) is 2.93. The van der Waals surface area contributed by atoms with Crippen LogP contribution in [0.15, 0.2) is 21.7 Å². The average molecular weight is 292 g/mol. The van der Waals surface area contributed by atoms with E-state index < -0.39 is 11.2 Å². The zero-order valence-corrected chi connectivity index (χ0v) is 11.4. The van der Waals surface area contributed by atoms with Crippen LogP contribution in [0.5, 0.6) is 0 Å². The van der Waals surface area contributed by atoms with Crippen molar-refractivity contribution >= 4 is 11.0 Å². The second-order valence-electron chi connectivity index (χ2n) is 4.51. The number of nitrogens with zero attached hydrogens (tertiary/aromatic N) is 5. The summed E-state index contributed by atoms with van der Waals surface area (Å²) >= 11 is 0. The third-order valence-corrected chi connectivity index (χ3v) is 3.31. The predicted octanol–water partition coefficient (Wildman–Crippen LogP) is 0.348.